The molecule has 1 aliphatic rings. The van der Waals surface area contributed by atoms with Crippen LogP contribution in [0.5, 0.6) is 0 Å². The van der Waals surface area contributed by atoms with Gasteiger partial charge in [0, 0.05) is 44.6 Å². The SMILES string of the molecule is CC(C)(N)C(=O)Nc1ccc(CN2CCN(c3ccccn3)CC2)cc1.Cl.Cl.Cl. The van der Waals surface area contributed by atoms with Crippen molar-refractivity contribution in [1.29, 1.82) is 0 Å². The topological polar surface area (TPSA) is 74.5 Å². The number of nitrogens with two attached hydrogens (primary N) is 1. The van der Waals surface area contributed by atoms with Crippen LogP contribution in [-0.2, 0) is 11.3 Å². The molecular formula is C20H30Cl3N5O. The Balaban J connectivity index is 0.00000261. The number of amides is 1. The first-order chi connectivity index (χ1) is 12.4. The molecule has 1 amide bonds. The third kappa shape index (κ3) is 7.99. The number of carbonyl (C=O) groups is 1. The zero-order valence-corrected chi connectivity index (χ0v) is 19.2. The Morgan fingerprint density at radius 1 is 1.03 bits per heavy atom. The van der Waals surface area contributed by atoms with Crippen LogP contribution in [0.25, 0.3) is 0 Å². The predicted octanol–water partition coefficient (Wildman–Crippen LogP) is 3.35. The second-order valence-electron chi connectivity index (χ2n) is 7.32. The molecule has 29 heavy (non-hydrogen) atoms. The summed E-state index contributed by atoms with van der Waals surface area (Å²) in [5.74, 6) is 0.867. The first-order valence-electron chi connectivity index (χ1n) is 8.99. The smallest absolute Gasteiger partial charge is 0.243 e. The molecule has 0 radical (unpaired) electrons. The fraction of sp³-hybridized carbons (Fsp3) is 0.400. The highest BCUT2D eigenvalue weighted by molar-refractivity contribution is 5.97. The maximum Gasteiger partial charge on any atom is 0.243 e. The van der Waals surface area contributed by atoms with Crippen molar-refractivity contribution < 1.29 is 4.79 Å². The molecule has 9 heteroatoms. The van der Waals surface area contributed by atoms with Crippen molar-refractivity contribution in [1.82, 2.24) is 9.88 Å². The Hall–Kier alpha value is -1.57. The third-order valence-electron chi connectivity index (χ3n) is 4.55. The van der Waals surface area contributed by atoms with Gasteiger partial charge in [0.2, 0.25) is 5.91 Å². The predicted molar refractivity (Wildman–Crippen MR) is 127 cm³/mol. The van der Waals surface area contributed by atoms with E-state index in [0.717, 1.165) is 44.2 Å². The summed E-state index contributed by atoms with van der Waals surface area (Å²) in [6, 6.07) is 14.0. The summed E-state index contributed by atoms with van der Waals surface area (Å²) in [5, 5.41) is 2.85. The van der Waals surface area contributed by atoms with Crippen molar-refractivity contribution in [2.75, 3.05) is 36.4 Å². The van der Waals surface area contributed by atoms with Crippen molar-refractivity contribution >= 4 is 54.6 Å². The maximum atomic E-state index is 11.9. The quantitative estimate of drug-likeness (QED) is 0.713. The molecule has 6 nitrogen and oxygen atoms in total. The van der Waals surface area contributed by atoms with Crippen molar-refractivity contribution in [2.24, 2.45) is 5.73 Å². The van der Waals surface area contributed by atoms with Crippen LogP contribution in [0.1, 0.15) is 19.4 Å². The molecule has 1 saturated heterocycles. The number of nitrogens with one attached hydrogen (secondary N) is 1. The molecule has 1 aliphatic heterocycles. The summed E-state index contributed by atoms with van der Waals surface area (Å²) < 4.78 is 0. The van der Waals surface area contributed by atoms with Gasteiger partial charge in [-0.2, -0.15) is 0 Å². The van der Waals surface area contributed by atoms with Gasteiger partial charge in [-0.05, 0) is 43.7 Å². The molecule has 1 fully saturated rings. The fourth-order valence-electron chi connectivity index (χ4n) is 2.92. The Labute approximate surface area is 191 Å². The van der Waals surface area contributed by atoms with Crippen LogP contribution in [0.2, 0.25) is 0 Å². The summed E-state index contributed by atoms with van der Waals surface area (Å²) in [5.41, 5.74) is 6.94. The molecule has 1 aromatic heterocycles. The zero-order valence-electron chi connectivity index (χ0n) is 16.7. The fourth-order valence-corrected chi connectivity index (χ4v) is 2.92. The van der Waals surface area contributed by atoms with E-state index in [1.807, 2.05) is 30.5 Å². The molecule has 0 unspecified atom stereocenters. The molecule has 0 spiro atoms. The van der Waals surface area contributed by atoms with E-state index in [0.29, 0.717) is 0 Å². The summed E-state index contributed by atoms with van der Waals surface area (Å²) in [6.07, 6.45) is 1.84. The van der Waals surface area contributed by atoms with Crippen molar-refractivity contribution in [3.05, 3.63) is 54.2 Å². The van der Waals surface area contributed by atoms with Gasteiger partial charge in [-0.15, -0.1) is 37.2 Å². The standard InChI is InChI=1S/C20H27N5O.3ClH/c1-20(2,21)19(26)23-17-8-6-16(7-9-17)15-24-11-13-25(14-12-24)18-5-3-4-10-22-18;;;/h3-10H,11-15,21H2,1-2H3,(H,23,26);3*1H. The monoisotopic (exact) mass is 461 g/mol. The van der Waals surface area contributed by atoms with Gasteiger partial charge in [0.25, 0.3) is 0 Å². The number of halogens is 3. The second kappa shape index (κ2) is 12.2. The molecule has 162 valence electrons. The summed E-state index contributed by atoms with van der Waals surface area (Å²) in [6.45, 7) is 8.29. The molecule has 2 aromatic rings. The van der Waals surface area contributed by atoms with Gasteiger partial charge in [0.1, 0.15) is 5.82 Å². The van der Waals surface area contributed by atoms with E-state index >= 15 is 0 Å². The molecule has 3 rings (SSSR count). The van der Waals surface area contributed by atoms with Crippen molar-refractivity contribution in [3.8, 4) is 0 Å². The highest BCUT2D eigenvalue weighted by atomic mass is 35.5. The Morgan fingerprint density at radius 3 is 2.17 bits per heavy atom. The number of benzene rings is 1. The van der Waals surface area contributed by atoms with Crippen LogP contribution in [0, 0.1) is 0 Å². The number of nitrogens with zero attached hydrogens (tertiary/aromatic N) is 3. The van der Waals surface area contributed by atoms with Gasteiger partial charge in [-0.1, -0.05) is 18.2 Å². The number of hydrogen-bond donors (Lipinski definition) is 2. The minimum atomic E-state index is -0.883. The zero-order chi connectivity index (χ0) is 18.6. The van der Waals surface area contributed by atoms with Crippen molar-refractivity contribution in [2.45, 2.75) is 25.9 Å². The largest absolute Gasteiger partial charge is 0.354 e. The van der Waals surface area contributed by atoms with E-state index in [9.17, 15) is 4.79 Å². The second-order valence-corrected chi connectivity index (χ2v) is 7.32. The number of carbonyl (C=O) groups excluding carboxylic acids is 1. The number of hydrogen-bond acceptors (Lipinski definition) is 5. The third-order valence-corrected chi connectivity index (χ3v) is 4.55. The highest BCUT2D eigenvalue weighted by Gasteiger charge is 2.22. The van der Waals surface area contributed by atoms with Gasteiger partial charge >= 0.3 is 0 Å². The molecule has 0 saturated carbocycles. The number of piperazine rings is 1. The maximum absolute atomic E-state index is 11.9. The summed E-state index contributed by atoms with van der Waals surface area (Å²) >= 11 is 0. The molecule has 0 atom stereocenters. The van der Waals surface area contributed by atoms with Crippen LogP contribution >= 0.6 is 37.2 Å². The molecule has 0 aliphatic carbocycles. The number of aromatic nitrogens is 1. The first kappa shape index (κ1) is 27.4. The van der Waals surface area contributed by atoms with Gasteiger partial charge in [-0.25, -0.2) is 4.98 Å². The molecular weight excluding hydrogens is 433 g/mol. The van der Waals surface area contributed by atoms with Gasteiger partial charge in [0.15, 0.2) is 0 Å². The summed E-state index contributed by atoms with van der Waals surface area (Å²) in [7, 11) is 0. The van der Waals surface area contributed by atoms with Crippen LogP contribution in [0.3, 0.4) is 0 Å². The highest BCUT2D eigenvalue weighted by Crippen LogP contribution is 2.16. The van der Waals surface area contributed by atoms with Gasteiger partial charge in [0.05, 0.1) is 5.54 Å². The Kier molecular flexibility index (Phi) is 11.5. The van der Waals surface area contributed by atoms with Crippen LogP contribution < -0.4 is 16.0 Å². The van der Waals surface area contributed by atoms with Crippen LogP contribution in [0.15, 0.2) is 48.7 Å². The molecule has 0 bridgehead atoms. The van der Waals surface area contributed by atoms with Crippen LogP contribution in [0.4, 0.5) is 11.5 Å². The first-order valence-corrected chi connectivity index (χ1v) is 8.99. The molecule has 1 aromatic carbocycles. The van der Waals surface area contributed by atoms with Gasteiger partial charge < -0.3 is 16.0 Å². The number of rotatable bonds is 5. The number of anilines is 2. The minimum absolute atomic E-state index is 0. The van der Waals surface area contributed by atoms with E-state index in [-0.39, 0.29) is 43.1 Å². The van der Waals surface area contributed by atoms with E-state index < -0.39 is 5.54 Å². The van der Waals surface area contributed by atoms with E-state index in [1.165, 1.54) is 5.56 Å². The van der Waals surface area contributed by atoms with E-state index in [1.54, 1.807) is 13.8 Å². The normalized spacial score (nSPS) is 14.1. The minimum Gasteiger partial charge on any atom is -0.354 e. The van der Waals surface area contributed by atoms with E-state index in [4.69, 9.17) is 5.73 Å². The molecule has 2 heterocycles. The molecule has 3 N–H and O–H groups in total. The van der Waals surface area contributed by atoms with Crippen molar-refractivity contribution in [3.63, 3.8) is 0 Å². The Bertz CT molecular complexity index is 730. The number of pyridine rings is 1. The average molecular weight is 463 g/mol. The van der Waals surface area contributed by atoms with Crippen LogP contribution in [-0.4, -0.2) is 47.5 Å². The van der Waals surface area contributed by atoms with E-state index in [2.05, 4.69) is 38.3 Å². The average Bonchev–Trinajstić information content (AvgIpc) is 2.64. The lowest BCUT2D eigenvalue weighted by molar-refractivity contribution is -0.120. The lowest BCUT2D eigenvalue weighted by Gasteiger charge is -2.35. The lowest BCUT2D eigenvalue weighted by atomic mass is 10.1. The lowest BCUT2D eigenvalue weighted by Crippen LogP contribution is -2.46. The Morgan fingerprint density at radius 2 is 1.66 bits per heavy atom. The van der Waals surface area contributed by atoms with Gasteiger partial charge in [-0.3, -0.25) is 9.69 Å². The summed E-state index contributed by atoms with van der Waals surface area (Å²) in [4.78, 5) is 21.1.